The van der Waals surface area contributed by atoms with Crippen LogP contribution in [0.4, 0.5) is 10.5 Å². The number of nitrogens with one attached hydrogen (secondary N) is 2. The van der Waals surface area contributed by atoms with Gasteiger partial charge in [-0.05, 0) is 31.5 Å². The Morgan fingerprint density at radius 2 is 1.78 bits per heavy atom. The Kier molecular flexibility index (Phi) is 5.95. The number of carboxylic acid groups (broad SMARTS) is 1. The molecule has 1 aromatic rings. The number of aliphatic carboxylic acids is 1. The fourth-order valence-electron chi connectivity index (χ4n) is 2.52. The summed E-state index contributed by atoms with van der Waals surface area (Å²) < 4.78 is 5.27. The third-order valence-electron chi connectivity index (χ3n) is 3.55. The van der Waals surface area contributed by atoms with Crippen LogP contribution in [0.1, 0.15) is 25.5 Å². The van der Waals surface area contributed by atoms with Gasteiger partial charge < -0.3 is 20.5 Å². The Morgan fingerprint density at radius 1 is 1.17 bits per heavy atom. The molecule has 1 heterocycles. The molecule has 0 radical (unpaired) electrons. The van der Waals surface area contributed by atoms with E-state index < -0.39 is 12.0 Å². The van der Waals surface area contributed by atoms with Crippen molar-refractivity contribution < 1.29 is 19.4 Å². The summed E-state index contributed by atoms with van der Waals surface area (Å²) in [6, 6.07) is 5.97. The molecule has 0 saturated carbocycles. The first-order chi connectivity index (χ1) is 11.0. The molecule has 2 amide bonds. The van der Waals surface area contributed by atoms with Gasteiger partial charge in [0.25, 0.3) is 0 Å². The van der Waals surface area contributed by atoms with Gasteiger partial charge in [0.15, 0.2) is 0 Å². The smallest absolute Gasteiger partial charge is 0.325 e. The van der Waals surface area contributed by atoms with Gasteiger partial charge in [0, 0.05) is 24.8 Å². The number of hydrogen-bond donors (Lipinski definition) is 3. The number of nitrogens with zero attached hydrogens (tertiary/aromatic N) is 1. The number of carbonyl (C=O) groups excluding carboxylic acids is 1. The topological polar surface area (TPSA) is 90.9 Å². The first-order valence-corrected chi connectivity index (χ1v) is 7.69. The number of benzene rings is 1. The largest absolute Gasteiger partial charge is 0.480 e. The number of morpholine rings is 1. The Labute approximate surface area is 135 Å². The minimum absolute atomic E-state index is 0.0481. The number of amides is 2. The molecule has 1 atom stereocenters. The van der Waals surface area contributed by atoms with E-state index in [2.05, 4.69) is 10.6 Å². The highest BCUT2D eigenvalue weighted by atomic mass is 16.5. The van der Waals surface area contributed by atoms with Crippen LogP contribution in [0.3, 0.4) is 0 Å². The first-order valence-electron chi connectivity index (χ1n) is 7.69. The zero-order valence-corrected chi connectivity index (χ0v) is 13.4. The molecule has 1 aromatic carbocycles. The number of rotatable bonds is 5. The SMILES string of the molecule is CC(C)NC(=O)Nc1ccc([C@H](C(=O)O)N2CCOCC2)cc1. The predicted molar refractivity (Wildman–Crippen MR) is 86.5 cm³/mol. The first kappa shape index (κ1) is 17.2. The standard InChI is InChI=1S/C16H23N3O4/c1-11(2)17-16(22)18-13-5-3-12(4-6-13)14(15(20)21)19-7-9-23-10-8-19/h3-6,11,14H,7-10H2,1-2H3,(H,20,21)(H2,17,18,22)/t14-/m1/s1. The maximum Gasteiger partial charge on any atom is 0.325 e. The maximum absolute atomic E-state index is 11.7. The van der Waals surface area contributed by atoms with Crippen molar-refractivity contribution in [2.75, 3.05) is 31.6 Å². The number of carboxylic acids is 1. The highest BCUT2D eigenvalue weighted by Crippen LogP contribution is 2.23. The van der Waals surface area contributed by atoms with Crippen molar-refractivity contribution in [1.29, 1.82) is 0 Å². The summed E-state index contributed by atoms with van der Waals surface area (Å²) >= 11 is 0. The van der Waals surface area contributed by atoms with Crippen molar-refractivity contribution in [2.24, 2.45) is 0 Å². The van der Waals surface area contributed by atoms with Crippen molar-refractivity contribution >= 4 is 17.7 Å². The molecule has 1 saturated heterocycles. The van der Waals surface area contributed by atoms with Crippen LogP contribution in [0, 0.1) is 0 Å². The Morgan fingerprint density at radius 3 is 2.30 bits per heavy atom. The van der Waals surface area contributed by atoms with Gasteiger partial charge in [0.1, 0.15) is 6.04 Å². The van der Waals surface area contributed by atoms with Gasteiger partial charge in [-0.2, -0.15) is 0 Å². The van der Waals surface area contributed by atoms with Gasteiger partial charge in [0.2, 0.25) is 0 Å². The predicted octanol–water partition coefficient (Wildman–Crippen LogP) is 1.67. The van der Waals surface area contributed by atoms with E-state index in [4.69, 9.17) is 4.74 Å². The molecule has 0 aromatic heterocycles. The van der Waals surface area contributed by atoms with Gasteiger partial charge >= 0.3 is 12.0 Å². The van der Waals surface area contributed by atoms with Crippen molar-refractivity contribution in [1.82, 2.24) is 10.2 Å². The molecule has 0 unspecified atom stereocenters. The van der Waals surface area contributed by atoms with E-state index in [1.165, 1.54) is 0 Å². The van der Waals surface area contributed by atoms with Crippen LogP contribution >= 0.6 is 0 Å². The Hall–Kier alpha value is -2.12. The molecule has 126 valence electrons. The average molecular weight is 321 g/mol. The summed E-state index contributed by atoms with van der Waals surface area (Å²) in [5, 5.41) is 15.0. The van der Waals surface area contributed by atoms with Crippen molar-refractivity contribution in [3.63, 3.8) is 0 Å². The highest BCUT2D eigenvalue weighted by molar-refractivity contribution is 5.89. The third-order valence-corrected chi connectivity index (χ3v) is 3.55. The number of ether oxygens (including phenoxy) is 1. The van der Waals surface area contributed by atoms with Crippen molar-refractivity contribution in [3.8, 4) is 0 Å². The quantitative estimate of drug-likeness (QED) is 0.767. The summed E-state index contributed by atoms with van der Waals surface area (Å²) in [4.78, 5) is 25.2. The minimum atomic E-state index is -0.884. The lowest BCUT2D eigenvalue weighted by Gasteiger charge is -2.32. The summed E-state index contributed by atoms with van der Waals surface area (Å²) in [7, 11) is 0. The highest BCUT2D eigenvalue weighted by Gasteiger charge is 2.28. The molecular weight excluding hydrogens is 298 g/mol. The van der Waals surface area contributed by atoms with Gasteiger partial charge in [-0.15, -0.1) is 0 Å². The maximum atomic E-state index is 11.7. The van der Waals surface area contributed by atoms with E-state index in [-0.39, 0.29) is 12.1 Å². The van der Waals surface area contributed by atoms with Crippen molar-refractivity contribution in [2.45, 2.75) is 25.9 Å². The van der Waals surface area contributed by atoms with E-state index in [1.807, 2.05) is 18.7 Å². The monoisotopic (exact) mass is 321 g/mol. The van der Waals surface area contributed by atoms with Crippen LogP contribution < -0.4 is 10.6 Å². The zero-order chi connectivity index (χ0) is 16.8. The lowest BCUT2D eigenvalue weighted by Crippen LogP contribution is -2.42. The fourth-order valence-corrected chi connectivity index (χ4v) is 2.52. The van der Waals surface area contributed by atoms with E-state index >= 15 is 0 Å². The molecule has 1 aliphatic heterocycles. The van der Waals surface area contributed by atoms with Crippen LogP contribution in [0.25, 0.3) is 0 Å². The fraction of sp³-hybridized carbons (Fsp3) is 0.500. The number of anilines is 1. The molecule has 7 heteroatoms. The molecule has 1 fully saturated rings. The van der Waals surface area contributed by atoms with E-state index in [9.17, 15) is 14.7 Å². The normalized spacial score (nSPS) is 16.8. The lowest BCUT2D eigenvalue weighted by molar-refractivity contribution is -0.145. The number of hydrogen-bond acceptors (Lipinski definition) is 4. The van der Waals surface area contributed by atoms with Crippen LogP contribution in [-0.4, -0.2) is 54.4 Å². The summed E-state index contributed by atoms with van der Waals surface area (Å²) in [6.45, 7) is 6.02. The van der Waals surface area contributed by atoms with E-state index in [1.54, 1.807) is 24.3 Å². The minimum Gasteiger partial charge on any atom is -0.480 e. The molecule has 1 aliphatic rings. The average Bonchev–Trinajstić information content (AvgIpc) is 2.49. The number of carbonyl (C=O) groups is 2. The third kappa shape index (κ3) is 4.94. The molecular formula is C16H23N3O4. The van der Waals surface area contributed by atoms with E-state index in [0.29, 0.717) is 37.6 Å². The van der Waals surface area contributed by atoms with Gasteiger partial charge in [0.05, 0.1) is 13.2 Å². The second-order valence-corrected chi connectivity index (χ2v) is 5.76. The Bertz CT molecular complexity index is 539. The molecule has 0 spiro atoms. The van der Waals surface area contributed by atoms with E-state index in [0.717, 1.165) is 0 Å². The second-order valence-electron chi connectivity index (χ2n) is 5.76. The lowest BCUT2D eigenvalue weighted by atomic mass is 10.0. The van der Waals surface area contributed by atoms with Crippen molar-refractivity contribution in [3.05, 3.63) is 29.8 Å². The zero-order valence-electron chi connectivity index (χ0n) is 13.4. The van der Waals surface area contributed by atoms with Crippen LogP contribution in [-0.2, 0) is 9.53 Å². The summed E-state index contributed by atoms with van der Waals surface area (Å²) in [5.74, 6) is -0.884. The summed E-state index contributed by atoms with van der Waals surface area (Å²) in [6.07, 6.45) is 0. The van der Waals surface area contributed by atoms with Crippen LogP contribution in [0.15, 0.2) is 24.3 Å². The molecule has 7 nitrogen and oxygen atoms in total. The Balaban J connectivity index is 2.06. The van der Waals surface area contributed by atoms with Crippen LogP contribution in [0.5, 0.6) is 0 Å². The van der Waals surface area contributed by atoms with Gasteiger partial charge in [-0.25, -0.2) is 4.79 Å². The number of urea groups is 1. The molecule has 23 heavy (non-hydrogen) atoms. The van der Waals surface area contributed by atoms with Crippen LogP contribution in [0.2, 0.25) is 0 Å². The molecule has 3 N–H and O–H groups in total. The van der Waals surface area contributed by atoms with Gasteiger partial charge in [-0.3, -0.25) is 9.69 Å². The summed E-state index contributed by atoms with van der Waals surface area (Å²) in [5.41, 5.74) is 1.31. The second kappa shape index (κ2) is 7.94. The molecule has 0 bridgehead atoms. The van der Waals surface area contributed by atoms with Gasteiger partial charge in [-0.1, -0.05) is 12.1 Å². The molecule has 0 aliphatic carbocycles. The molecule has 2 rings (SSSR count).